The van der Waals surface area contributed by atoms with Crippen LogP contribution in [0.4, 0.5) is 17.6 Å². The lowest BCUT2D eigenvalue weighted by molar-refractivity contribution is -0.137. The molecule has 0 N–H and O–H groups in total. The largest absolute Gasteiger partial charge is 0.467 e. The molecule has 3 rings (SSSR count). The molecule has 5 nitrogen and oxygen atoms in total. The van der Waals surface area contributed by atoms with E-state index in [1.165, 1.54) is 24.3 Å². The Hall–Kier alpha value is -2.68. The van der Waals surface area contributed by atoms with Crippen LogP contribution in [0.5, 0.6) is 5.88 Å². The van der Waals surface area contributed by atoms with Crippen LogP contribution in [0.3, 0.4) is 0 Å². The Bertz CT molecular complexity index is 881. The average Bonchev–Trinajstić information content (AvgIpc) is 3.02. The summed E-state index contributed by atoms with van der Waals surface area (Å²) in [6.07, 6.45) is -3.94. The Morgan fingerprint density at radius 2 is 1.84 bits per heavy atom. The lowest BCUT2D eigenvalue weighted by atomic mass is 10.2. The Morgan fingerprint density at radius 3 is 2.48 bits per heavy atom. The molecule has 1 aromatic carbocycles. The van der Waals surface area contributed by atoms with Crippen LogP contribution in [0, 0.1) is 5.82 Å². The first-order valence-electron chi connectivity index (χ1n) is 6.77. The maximum absolute atomic E-state index is 12.9. The van der Waals surface area contributed by atoms with Gasteiger partial charge in [0, 0.05) is 11.8 Å². The molecule has 2 aromatic heterocycles. The van der Waals surface area contributed by atoms with E-state index in [1.54, 1.807) is 0 Å². The number of benzene rings is 1. The molecular weight excluding hydrogens is 366 g/mol. The SMILES string of the molecule is Fc1ccc(-c2nnc(COc3ncc(C(F)(F)F)cc3Cl)o2)cc1. The van der Waals surface area contributed by atoms with E-state index in [9.17, 15) is 17.6 Å². The van der Waals surface area contributed by atoms with Gasteiger partial charge in [-0.25, -0.2) is 9.37 Å². The molecule has 2 heterocycles. The van der Waals surface area contributed by atoms with E-state index in [-0.39, 0.29) is 29.3 Å². The Balaban J connectivity index is 1.69. The lowest BCUT2D eigenvalue weighted by Crippen LogP contribution is -2.06. The molecule has 0 saturated carbocycles. The molecule has 0 amide bonds. The highest BCUT2D eigenvalue weighted by Crippen LogP contribution is 2.33. The molecule has 0 saturated heterocycles. The van der Waals surface area contributed by atoms with Gasteiger partial charge in [0.1, 0.15) is 10.8 Å². The highest BCUT2D eigenvalue weighted by molar-refractivity contribution is 6.31. The zero-order valence-electron chi connectivity index (χ0n) is 12.2. The van der Waals surface area contributed by atoms with Crippen LogP contribution in [0.2, 0.25) is 5.02 Å². The van der Waals surface area contributed by atoms with Gasteiger partial charge < -0.3 is 9.15 Å². The van der Waals surface area contributed by atoms with Gasteiger partial charge >= 0.3 is 6.18 Å². The Morgan fingerprint density at radius 1 is 1.12 bits per heavy atom. The smallest absolute Gasteiger partial charge is 0.417 e. The molecule has 130 valence electrons. The van der Waals surface area contributed by atoms with Crippen molar-refractivity contribution in [3.8, 4) is 17.3 Å². The minimum atomic E-state index is -4.55. The summed E-state index contributed by atoms with van der Waals surface area (Å²) in [6.45, 7) is -0.244. The van der Waals surface area contributed by atoms with Gasteiger partial charge in [-0.05, 0) is 30.3 Å². The molecule has 0 aliphatic rings. The zero-order chi connectivity index (χ0) is 18.0. The Kier molecular flexibility index (Phi) is 4.58. The van der Waals surface area contributed by atoms with Gasteiger partial charge in [0.05, 0.1) is 5.56 Å². The number of hydrogen-bond acceptors (Lipinski definition) is 5. The molecule has 0 radical (unpaired) electrons. The van der Waals surface area contributed by atoms with Gasteiger partial charge in [0.15, 0.2) is 6.61 Å². The fourth-order valence-corrected chi connectivity index (χ4v) is 2.06. The molecule has 3 aromatic rings. The van der Waals surface area contributed by atoms with Crippen molar-refractivity contribution < 1.29 is 26.7 Å². The number of pyridine rings is 1. The van der Waals surface area contributed by atoms with E-state index in [1.807, 2.05) is 0 Å². The molecule has 0 atom stereocenters. The summed E-state index contributed by atoms with van der Waals surface area (Å²) in [4.78, 5) is 3.53. The molecule has 25 heavy (non-hydrogen) atoms. The fraction of sp³-hybridized carbons (Fsp3) is 0.133. The van der Waals surface area contributed by atoms with Crippen molar-refractivity contribution in [2.75, 3.05) is 0 Å². The van der Waals surface area contributed by atoms with Crippen molar-refractivity contribution in [2.24, 2.45) is 0 Å². The van der Waals surface area contributed by atoms with Gasteiger partial charge in [-0.15, -0.1) is 10.2 Å². The van der Waals surface area contributed by atoms with E-state index >= 15 is 0 Å². The highest BCUT2D eigenvalue weighted by Gasteiger charge is 2.31. The topological polar surface area (TPSA) is 61.0 Å². The van der Waals surface area contributed by atoms with Crippen LogP contribution in [0.25, 0.3) is 11.5 Å². The summed E-state index contributed by atoms with van der Waals surface area (Å²) in [5, 5.41) is 7.21. The van der Waals surface area contributed by atoms with E-state index in [4.69, 9.17) is 20.8 Å². The Labute approximate surface area is 143 Å². The monoisotopic (exact) mass is 373 g/mol. The number of ether oxygens (including phenoxy) is 1. The summed E-state index contributed by atoms with van der Waals surface area (Å²) in [7, 11) is 0. The summed E-state index contributed by atoms with van der Waals surface area (Å²) in [6, 6.07) is 6.11. The van der Waals surface area contributed by atoms with E-state index in [0.29, 0.717) is 17.8 Å². The third-order valence-electron chi connectivity index (χ3n) is 3.03. The van der Waals surface area contributed by atoms with Crippen LogP contribution < -0.4 is 4.74 Å². The number of nitrogens with zero attached hydrogens (tertiary/aromatic N) is 3. The van der Waals surface area contributed by atoms with Crippen molar-refractivity contribution in [1.29, 1.82) is 0 Å². The molecular formula is C15H8ClF4N3O2. The molecule has 0 bridgehead atoms. The lowest BCUT2D eigenvalue weighted by Gasteiger charge is -2.09. The molecule has 0 fully saturated rings. The second kappa shape index (κ2) is 6.67. The first kappa shape index (κ1) is 17.2. The van der Waals surface area contributed by atoms with Crippen LogP contribution in [0.1, 0.15) is 11.5 Å². The predicted molar refractivity (Wildman–Crippen MR) is 78.3 cm³/mol. The van der Waals surface area contributed by atoms with Gasteiger partial charge in [-0.2, -0.15) is 13.2 Å². The molecule has 0 aliphatic heterocycles. The molecule has 0 spiro atoms. The van der Waals surface area contributed by atoms with Crippen molar-refractivity contribution in [3.05, 3.63) is 58.8 Å². The minimum absolute atomic E-state index is 0.0529. The maximum Gasteiger partial charge on any atom is 0.417 e. The molecule has 10 heteroatoms. The molecule has 0 unspecified atom stereocenters. The minimum Gasteiger partial charge on any atom is -0.467 e. The maximum atomic E-state index is 12.9. The second-order valence-electron chi connectivity index (χ2n) is 4.81. The fourth-order valence-electron chi connectivity index (χ4n) is 1.84. The standard InChI is InChI=1S/C15H8ClF4N3O2/c16-11-5-9(15(18,19)20)6-21-14(11)24-7-12-22-23-13(25-12)8-1-3-10(17)4-2-8/h1-6H,7H2. The number of alkyl halides is 3. The third-order valence-corrected chi connectivity index (χ3v) is 3.30. The van der Waals surface area contributed by atoms with Crippen LogP contribution in [0.15, 0.2) is 40.9 Å². The molecule has 0 aliphatic carbocycles. The van der Waals surface area contributed by atoms with Crippen molar-refractivity contribution >= 4 is 11.6 Å². The summed E-state index contributed by atoms with van der Waals surface area (Å²) in [5.41, 5.74) is -0.480. The number of rotatable bonds is 4. The number of halogens is 5. The number of aromatic nitrogens is 3. The summed E-state index contributed by atoms with van der Waals surface area (Å²) < 4.78 is 61.0. The van der Waals surface area contributed by atoms with Crippen LogP contribution in [-0.4, -0.2) is 15.2 Å². The average molecular weight is 374 g/mol. The van der Waals surface area contributed by atoms with E-state index in [2.05, 4.69) is 15.2 Å². The van der Waals surface area contributed by atoms with Crippen molar-refractivity contribution in [1.82, 2.24) is 15.2 Å². The van der Waals surface area contributed by atoms with Crippen molar-refractivity contribution in [3.63, 3.8) is 0 Å². The van der Waals surface area contributed by atoms with E-state index in [0.717, 1.165) is 0 Å². The summed E-state index contributed by atoms with van der Waals surface area (Å²) in [5.74, 6) is -0.409. The normalized spacial score (nSPS) is 11.6. The zero-order valence-corrected chi connectivity index (χ0v) is 13.0. The van der Waals surface area contributed by atoms with Crippen molar-refractivity contribution in [2.45, 2.75) is 12.8 Å². The van der Waals surface area contributed by atoms with Crippen LogP contribution in [-0.2, 0) is 12.8 Å². The summed E-state index contributed by atoms with van der Waals surface area (Å²) >= 11 is 5.73. The quantitative estimate of drug-likeness (QED) is 0.629. The predicted octanol–water partition coefficient (Wildman–Crippen LogP) is 4.52. The van der Waals surface area contributed by atoms with Gasteiger partial charge in [0.2, 0.25) is 11.8 Å². The first-order chi connectivity index (χ1) is 11.8. The second-order valence-corrected chi connectivity index (χ2v) is 5.21. The van der Waals surface area contributed by atoms with Gasteiger partial charge in [0.25, 0.3) is 5.89 Å². The van der Waals surface area contributed by atoms with Gasteiger partial charge in [-0.1, -0.05) is 11.6 Å². The van der Waals surface area contributed by atoms with Gasteiger partial charge in [-0.3, -0.25) is 0 Å². The number of hydrogen-bond donors (Lipinski definition) is 0. The highest BCUT2D eigenvalue weighted by atomic mass is 35.5. The third kappa shape index (κ3) is 4.05. The van der Waals surface area contributed by atoms with Crippen LogP contribution >= 0.6 is 11.6 Å². The van der Waals surface area contributed by atoms with E-state index < -0.39 is 17.6 Å². The first-order valence-corrected chi connectivity index (χ1v) is 7.14.